The second-order valence-electron chi connectivity index (χ2n) is 4.67. The fourth-order valence-corrected chi connectivity index (χ4v) is 2.56. The first kappa shape index (κ1) is 10.6. The zero-order valence-corrected chi connectivity index (χ0v) is 9.92. The fourth-order valence-electron chi connectivity index (χ4n) is 2.56. The predicted molar refractivity (Wildman–Crippen MR) is 70.3 cm³/mol. The van der Waals surface area contributed by atoms with Crippen LogP contribution in [0.1, 0.15) is 5.56 Å². The van der Waals surface area contributed by atoms with Gasteiger partial charge in [0.25, 0.3) is 0 Å². The van der Waals surface area contributed by atoms with Crippen LogP contribution in [0.3, 0.4) is 0 Å². The van der Waals surface area contributed by atoms with E-state index in [-0.39, 0.29) is 6.42 Å². The highest BCUT2D eigenvalue weighted by Crippen LogP contribution is 2.35. The van der Waals surface area contributed by atoms with Crippen molar-refractivity contribution in [1.29, 1.82) is 0 Å². The smallest absolute Gasteiger partial charge is 0.343 e. The molecule has 0 saturated carbocycles. The number of fused-ring (bicyclic) bond motifs is 4. The summed E-state index contributed by atoms with van der Waals surface area (Å²) in [4.78, 5) is 11.8. The summed E-state index contributed by atoms with van der Waals surface area (Å²) in [7, 11) is 0. The first-order valence-corrected chi connectivity index (χ1v) is 6.05. The Morgan fingerprint density at radius 3 is 2.68 bits per heavy atom. The normalized spacial score (nSPS) is 17.6. The van der Waals surface area contributed by atoms with E-state index < -0.39 is 11.9 Å². The number of rotatable bonds is 0. The van der Waals surface area contributed by atoms with Crippen LogP contribution in [-0.4, -0.2) is 11.4 Å². The van der Waals surface area contributed by atoms with Gasteiger partial charge in [-0.25, -0.2) is 4.79 Å². The monoisotopic (exact) mass is 254 g/mol. The quantitative estimate of drug-likeness (QED) is 0.493. The average molecular weight is 254 g/mol. The lowest BCUT2D eigenvalue weighted by Gasteiger charge is -2.06. The van der Waals surface area contributed by atoms with Gasteiger partial charge in [0.1, 0.15) is 11.3 Å². The maximum atomic E-state index is 11.8. The van der Waals surface area contributed by atoms with Crippen LogP contribution in [0.25, 0.3) is 21.7 Å². The zero-order chi connectivity index (χ0) is 13.0. The van der Waals surface area contributed by atoms with E-state index in [0.29, 0.717) is 16.9 Å². The number of hydrogen-bond acceptors (Lipinski definition) is 4. The van der Waals surface area contributed by atoms with Gasteiger partial charge in [0.2, 0.25) is 6.29 Å². The SMILES string of the molecule is O=c1oc2cc3ccccc3cc2c2c1CC(O)O2. The van der Waals surface area contributed by atoms with Gasteiger partial charge in [-0.3, -0.25) is 0 Å². The van der Waals surface area contributed by atoms with Crippen LogP contribution in [0.5, 0.6) is 5.75 Å². The number of hydrogen-bond donors (Lipinski definition) is 1. The van der Waals surface area contributed by atoms with Crippen molar-refractivity contribution in [2.75, 3.05) is 0 Å². The molecule has 4 rings (SSSR count). The van der Waals surface area contributed by atoms with Crippen molar-refractivity contribution in [1.82, 2.24) is 0 Å². The molecule has 0 spiro atoms. The van der Waals surface area contributed by atoms with E-state index in [1.54, 1.807) is 0 Å². The van der Waals surface area contributed by atoms with Gasteiger partial charge < -0.3 is 14.3 Å². The molecule has 0 aliphatic carbocycles. The molecule has 1 aromatic heterocycles. The lowest BCUT2D eigenvalue weighted by Crippen LogP contribution is -2.11. The average Bonchev–Trinajstić information content (AvgIpc) is 2.80. The molecule has 3 aromatic rings. The minimum atomic E-state index is -0.963. The molecule has 1 unspecified atom stereocenters. The molecule has 0 fully saturated rings. The summed E-state index contributed by atoms with van der Waals surface area (Å²) in [5, 5.41) is 12.3. The van der Waals surface area contributed by atoms with Crippen LogP contribution < -0.4 is 10.4 Å². The zero-order valence-electron chi connectivity index (χ0n) is 9.92. The van der Waals surface area contributed by atoms with Crippen LogP contribution >= 0.6 is 0 Å². The van der Waals surface area contributed by atoms with Crippen molar-refractivity contribution in [3.05, 3.63) is 52.4 Å². The molecule has 4 nitrogen and oxygen atoms in total. The summed E-state index contributed by atoms with van der Waals surface area (Å²) in [6.45, 7) is 0. The summed E-state index contributed by atoms with van der Waals surface area (Å²) in [5.41, 5.74) is 0.459. The highest BCUT2D eigenvalue weighted by Gasteiger charge is 2.27. The van der Waals surface area contributed by atoms with Crippen molar-refractivity contribution in [3.8, 4) is 5.75 Å². The highest BCUT2D eigenvalue weighted by atomic mass is 16.6. The molecule has 0 amide bonds. The Hall–Kier alpha value is -2.33. The second kappa shape index (κ2) is 3.59. The van der Waals surface area contributed by atoms with Crippen molar-refractivity contribution >= 4 is 21.7 Å². The Morgan fingerprint density at radius 2 is 1.89 bits per heavy atom. The standard InChI is InChI=1S/C15H10O4/c16-13-7-11-14(19-13)10-5-8-3-1-2-4-9(8)6-12(10)18-15(11)17/h1-6,13,16H,7H2. The Balaban J connectivity index is 2.17. The van der Waals surface area contributed by atoms with E-state index in [9.17, 15) is 9.90 Å². The Kier molecular flexibility index (Phi) is 2.00. The van der Waals surface area contributed by atoms with Gasteiger partial charge in [-0.05, 0) is 22.9 Å². The minimum absolute atomic E-state index is 0.181. The van der Waals surface area contributed by atoms with Gasteiger partial charge in [0, 0.05) is 6.42 Å². The summed E-state index contributed by atoms with van der Waals surface area (Å²) in [6.07, 6.45) is -0.782. The molecule has 0 radical (unpaired) electrons. The third kappa shape index (κ3) is 1.47. The number of aliphatic hydroxyl groups is 1. The van der Waals surface area contributed by atoms with Gasteiger partial charge in [0.15, 0.2) is 0 Å². The molecule has 2 heterocycles. The summed E-state index contributed by atoms with van der Waals surface area (Å²) in [6, 6.07) is 11.6. The lowest BCUT2D eigenvalue weighted by atomic mass is 10.1. The molecule has 1 aliphatic rings. The Bertz CT molecular complexity index is 863. The van der Waals surface area contributed by atoms with Crippen molar-refractivity contribution < 1.29 is 14.3 Å². The Morgan fingerprint density at radius 1 is 1.16 bits per heavy atom. The van der Waals surface area contributed by atoms with Gasteiger partial charge in [-0.2, -0.15) is 0 Å². The molecule has 1 N–H and O–H groups in total. The molecule has 0 bridgehead atoms. The predicted octanol–water partition coefficient (Wildman–Crippen LogP) is 2.20. The van der Waals surface area contributed by atoms with E-state index in [1.165, 1.54) is 0 Å². The third-order valence-electron chi connectivity index (χ3n) is 3.45. The van der Waals surface area contributed by atoms with E-state index in [1.807, 2.05) is 36.4 Å². The highest BCUT2D eigenvalue weighted by molar-refractivity contribution is 5.98. The second-order valence-corrected chi connectivity index (χ2v) is 4.67. The van der Waals surface area contributed by atoms with Gasteiger partial charge >= 0.3 is 5.63 Å². The summed E-state index contributed by atoms with van der Waals surface area (Å²) < 4.78 is 10.7. The molecular weight excluding hydrogens is 244 g/mol. The van der Waals surface area contributed by atoms with E-state index in [2.05, 4.69) is 0 Å². The third-order valence-corrected chi connectivity index (χ3v) is 3.45. The van der Waals surface area contributed by atoms with Crippen molar-refractivity contribution in [2.24, 2.45) is 0 Å². The number of aliphatic hydroxyl groups excluding tert-OH is 1. The summed E-state index contributed by atoms with van der Waals surface area (Å²) in [5.74, 6) is 0.449. The summed E-state index contributed by atoms with van der Waals surface area (Å²) >= 11 is 0. The fraction of sp³-hybridized carbons (Fsp3) is 0.133. The van der Waals surface area contributed by atoms with Crippen molar-refractivity contribution in [2.45, 2.75) is 12.7 Å². The maximum absolute atomic E-state index is 11.8. The van der Waals surface area contributed by atoms with E-state index in [4.69, 9.17) is 9.15 Å². The molecule has 4 heteroatoms. The molecule has 19 heavy (non-hydrogen) atoms. The largest absolute Gasteiger partial charge is 0.463 e. The molecule has 1 atom stereocenters. The molecular formula is C15H10O4. The van der Waals surface area contributed by atoms with Crippen molar-refractivity contribution in [3.63, 3.8) is 0 Å². The van der Waals surface area contributed by atoms with Crippen LogP contribution in [0, 0.1) is 0 Å². The van der Waals surface area contributed by atoms with E-state index >= 15 is 0 Å². The number of ether oxygens (including phenoxy) is 1. The van der Waals surface area contributed by atoms with Crippen LogP contribution in [0.2, 0.25) is 0 Å². The lowest BCUT2D eigenvalue weighted by molar-refractivity contribution is 0.00300. The molecule has 94 valence electrons. The van der Waals surface area contributed by atoms with Crippen LogP contribution in [-0.2, 0) is 6.42 Å². The topological polar surface area (TPSA) is 59.7 Å². The molecule has 0 saturated heterocycles. The van der Waals surface area contributed by atoms with Crippen LogP contribution in [0.15, 0.2) is 45.6 Å². The van der Waals surface area contributed by atoms with Gasteiger partial charge in [-0.1, -0.05) is 24.3 Å². The maximum Gasteiger partial charge on any atom is 0.343 e. The number of benzene rings is 2. The minimum Gasteiger partial charge on any atom is -0.463 e. The molecule has 1 aliphatic heterocycles. The van der Waals surface area contributed by atoms with E-state index in [0.717, 1.165) is 16.2 Å². The van der Waals surface area contributed by atoms with Crippen LogP contribution in [0.4, 0.5) is 0 Å². The first-order valence-electron chi connectivity index (χ1n) is 6.05. The Labute approximate surface area is 107 Å². The first-order chi connectivity index (χ1) is 9.22. The van der Waals surface area contributed by atoms with Gasteiger partial charge in [0.05, 0.1) is 10.9 Å². The molecule has 2 aromatic carbocycles. The van der Waals surface area contributed by atoms with Gasteiger partial charge in [-0.15, -0.1) is 0 Å².